The molecule has 162 valence electrons. The number of likely N-dealkylation sites (tertiary alicyclic amines) is 1. The Morgan fingerprint density at radius 3 is 2.45 bits per heavy atom. The Labute approximate surface area is 179 Å². The van der Waals surface area contributed by atoms with E-state index in [4.69, 9.17) is 0 Å². The van der Waals surface area contributed by atoms with E-state index >= 15 is 0 Å². The lowest BCUT2D eigenvalue weighted by Gasteiger charge is -2.32. The van der Waals surface area contributed by atoms with E-state index in [0.29, 0.717) is 37.4 Å². The fraction of sp³-hybridized carbons (Fsp3) is 0.250. The van der Waals surface area contributed by atoms with Crippen LogP contribution in [0.5, 0.6) is 0 Å². The molecule has 1 saturated heterocycles. The molecule has 1 aromatic carbocycles. The van der Waals surface area contributed by atoms with Crippen LogP contribution in [0.3, 0.4) is 0 Å². The van der Waals surface area contributed by atoms with Gasteiger partial charge in [0.05, 0.1) is 16.8 Å². The van der Waals surface area contributed by atoms with Crippen LogP contribution >= 0.6 is 0 Å². The van der Waals surface area contributed by atoms with Crippen LogP contribution in [0.2, 0.25) is 0 Å². The predicted octanol–water partition coefficient (Wildman–Crippen LogP) is 2.38. The van der Waals surface area contributed by atoms with E-state index in [0.717, 1.165) is 12.1 Å². The third-order valence-corrected chi connectivity index (χ3v) is 6.50. The molecule has 11 heteroatoms. The maximum absolute atomic E-state index is 13.0. The highest BCUT2D eigenvalue weighted by Crippen LogP contribution is 2.17. The highest BCUT2D eigenvalue weighted by molar-refractivity contribution is 7.89. The molecule has 1 aliphatic rings. The SMILES string of the molecule is O=C(Nc1ccc(-n2cccn2)nc1)N1CCC(NS(=O)(=O)c2ccc(F)cc2)CC1. The number of benzene rings is 1. The summed E-state index contributed by atoms with van der Waals surface area (Å²) in [6.07, 6.45) is 5.93. The zero-order valence-electron chi connectivity index (χ0n) is 16.5. The molecule has 2 aromatic heterocycles. The standard InChI is InChI=1S/C20H21FN6O3S/c21-15-2-5-18(6-3-15)31(29,30)25-16-8-12-26(13-9-16)20(28)24-17-4-7-19(22-14-17)27-11-1-10-23-27/h1-7,10-11,14,16,25H,8-9,12-13H2,(H,24,28). The minimum atomic E-state index is -3.74. The molecule has 4 rings (SSSR count). The van der Waals surface area contributed by atoms with Crippen LogP contribution in [0, 0.1) is 5.82 Å². The lowest BCUT2D eigenvalue weighted by molar-refractivity contribution is 0.193. The molecular weight excluding hydrogens is 423 g/mol. The maximum atomic E-state index is 13.0. The summed E-state index contributed by atoms with van der Waals surface area (Å²) in [5.74, 6) is 0.141. The topological polar surface area (TPSA) is 109 Å². The monoisotopic (exact) mass is 444 g/mol. The zero-order valence-corrected chi connectivity index (χ0v) is 17.3. The summed E-state index contributed by atoms with van der Waals surface area (Å²) in [6, 6.07) is 9.39. The number of piperidine rings is 1. The molecule has 0 aliphatic carbocycles. The van der Waals surface area contributed by atoms with Crippen LogP contribution in [0.4, 0.5) is 14.9 Å². The third-order valence-electron chi connectivity index (χ3n) is 4.97. The largest absolute Gasteiger partial charge is 0.324 e. The van der Waals surface area contributed by atoms with Crippen molar-refractivity contribution >= 4 is 21.7 Å². The summed E-state index contributed by atoms with van der Waals surface area (Å²) >= 11 is 0. The summed E-state index contributed by atoms with van der Waals surface area (Å²) < 4.78 is 42.2. The van der Waals surface area contributed by atoms with Gasteiger partial charge >= 0.3 is 6.03 Å². The van der Waals surface area contributed by atoms with Gasteiger partial charge in [-0.25, -0.2) is 32.0 Å². The number of nitrogens with zero attached hydrogens (tertiary/aromatic N) is 4. The molecule has 3 heterocycles. The second kappa shape index (κ2) is 8.82. The molecular formula is C20H21FN6O3S. The molecule has 0 spiro atoms. The molecule has 3 aromatic rings. The molecule has 9 nitrogen and oxygen atoms in total. The Bertz CT molecular complexity index is 1130. The Morgan fingerprint density at radius 2 is 1.84 bits per heavy atom. The van der Waals surface area contributed by atoms with Crippen molar-refractivity contribution in [3.63, 3.8) is 0 Å². The van der Waals surface area contributed by atoms with Gasteiger partial charge in [-0.3, -0.25) is 0 Å². The molecule has 2 N–H and O–H groups in total. The minimum Gasteiger partial charge on any atom is -0.324 e. The first-order valence-electron chi connectivity index (χ1n) is 9.71. The molecule has 0 saturated carbocycles. The molecule has 0 bridgehead atoms. The van der Waals surface area contributed by atoms with Gasteiger partial charge in [0.2, 0.25) is 10.0 Å². The van der Waals surface area contributed by atoms with E-state index in [1.807, 2.05) is 0 Å². The Morgan fingerprint density at radius 1 is 1.10 bits per heavy atom. The maximum Gasteiger partial charge on any atom is 0.321 e. The number of hydrogen-bond acceptors (Lipinski definition) is 5. The van der Waals surface area contributed by atoms with Crippen LogP contribution in [0.1, 0.15) is 12.8 Å². The number of halogens is 1. The van der Waals surface area contributed by atoms with Gasteiger partial charge in [0, 0.05) is 31.5 Å². The van der Waals surface area contributed by atoms with E-state index in [-0.39, 0.29) is 17.0 Å². The highest BCUT2D eigenvalue weighted by Gasteiger charge is 2.26. The fourth-order valence-corrected chi connectivity index (χ4v) is 4.61. The van der Waals surface area contributed by atoms with Gasteiger partial charge in [0.1, 0.15) is 5.82 Å². The van der Waals surface area contributed by atoms with Crippen molar-refractivity contribution < 1.29 is 17.6 Å². The van der Waals surface area contributed by atoms with E-state index in [9.17, 15) is 17.6 Å². The number of sulfonamides is 1. The number of anilines is 1. The molecule has 1 aliphatic heterocycles. The van der Waals surface area contributed by atoms with Gasteiger partial charge in [-0.2, -0.15) is 5.10 Å². The van der Waals surface area contributed by atoms with Crippen LogP contribution < -0.4 is 10.0 Å². The number of pyridine rings is 1. The zero-order chi connectivity index (χ0) is 21.8. The first kappa shape index (κ1) is 20.9. The van der Waals surface area contributed by atoms with Crippen molar-refractivity contribution in [1.82, 2.24) is 24.4 Å². The molecule has 2 amide bonds. The normalized spacial score (nSPS) is 15.1. The van der Waals surface area contributed by atoms with Crippen LogP contribution in [0.15, 0.2) is 66.0 Å². The van der Waals surface area contributed by atoms with Gasteiger partial charge < -0.3 is 10.2 Å². The number of amides is 2. The Kier molecular flexibility index (Phi) is 5.96. The second-order valence-electron chi connectivity index (χ2n) is 7.12. The van der Waals surface area contributed by atoms with Crippen molar-refractivity contribution in [2.75, 3.05) is 18.4 Å². The van der Waals surface area contributed by atoms with E-state index < -0.39 is 15.8 Å². The fourth-order valence-electron chi connectivity index (χ4n) is 3.30. The third kappa shape index (κ3) is 5.06. The lowest BCUT2D eigenvalue weighted by Crippen LogP contribution is -2.47. The van der Waals surface area contributed by atoms with E-state index in [1.54, 1.807) is 46.4 Å². The summed E-state index contributed by atoms with van der Waals surface area (Å²) in [5.41, 5.74) is 0.556. The summed E-state index contributed by atoms with van der Waals surface area (Å²) in [6.45, 7) is 0.808. The Balaban J connectivity index is 1.29. The van der Waals surface area contributed by atoms with Gasteiger partial charge in [-0.05, 0) is 55.3 Å². The number of nitrogens with one attached hydrogen (secondary N) is 2. The Hall–Kier alpha value is -3.31. The first-order chi connectivity index (χ1) is 14.9. The summed E-state index contributed by atoms with van der Waals surface area (Å²) in [5, 5.41) is 6.90. The number of hydrogen-bond donors (Lipinski definition) is 2. The van der Waals surface area contributed by atoms with Crippen LogP contribution in [-0.4, -0.2) is 53.2 Å². The second-order valence-corrected chi connectivity index (χ2v) is 8.84. The van der Waals surface area contributed by atoms with Gasteiger partial charge in [0.15, 0.2) is 5.82 Å². The lowest BCUT2D eigenvalue weighted by atomic mass is 10.1. The summed E-state index contributed by atoms with van der Waals surface area (Å²) in [4.78, 5) is 18.4. The summed E-state index contributed by atoms with van der Waals surface area (Å²) in [7, 11) is -3.74. The molecule has 31 heavy (non-hydrogen) atoms. The van der Waals surface area contributed by atoms with Gasteiger partial charge in [0.25, 0.3) is 0 Å². The smallest absolute Gasteiger partial charge is 0.321 e. The number of urea groups is 1. The van der Waals surface area contributed by atoms with Crippen molar-refractivity contribution in [3.05, 3.63) is 66.9 Å². The number of aromatic nitrogens is 3. The van der Waals surface area contributed by atoms with Crippen LogP contribution in [-0.2, 0) is 10.0 Å². The molecule has 0 atom stereocenters. The van der Waals surface area contributed by atoms with Crippen molar-refractivity contribution in [3.8, 4) is 5.82 Å². The van der Waals surface area contributed by atoms with E-state index in [1.165, 1.54) is 12.1 Å². The van der Waals surface area contributed by atoms with Gasteiger partial charge in [-0.15, -0.1) is 0 Å². The van der Waals surface area contributed by atoms with Crippen molar-refractivity contribution in [2.45, 2.75) is 23.8 Å². The first-order valence-corrected chi connectivity index (χ1v) is 11.2. The van der Waals surface area contributed by atoms with E-state index in [2.05, 4.69) is 20.1 Å². The predicted molar refractivity (Wildman–Crippen MR) is 112 cm³/mol. The van der Waals surface area contributed by atoms with Crippen molar-refractivity contribution in [1.29, 1.82) is 0 Å². The molecule has 1 fully saturated rings. The highest BCUT2D eigenvalue weighted by atomic mass is 32.2. The van der Waals surface area contributed by atoms with Crippen LogP contribution in [0.25, 0.3) is 5.82 Å². The molecule has 0 unspecified atom stereocenters. The number of carbonyl (C=O) groups is 1. The number of rotatable bonds is 5. The minimum absolute atomic E-state index is 0.0140. The number of carbonyl (C=O) groups excluding carboxylic acids is 1. The quantitative estimate of drug-likeness (QED) is 0.628. The average Bonchev–Trinajstić information content (AvgIpc) is 3.30. The van der Waals surface area contributed by atoms with Gasteiger partial charge in [-0.1, -0.05) is 0 Å². The average molecular weight is 444 g/mol. The van der Waals surface area contributed by atoms with Crippen molar-refractivity contribution in [2.24, 2.45) is 0 Å². The molecule has 0 radical (unpaired) electrons.